The normalized spacial score (nSPS) is 17.1. The van der Waals surface area contributed by atoms with E-state index in [1.165, 1.54) is 11.3 Å². The van der Waals surface area contributed by atoms with Crippen molar-refractivity contribution in [3.63, 3.8) is 0 Å². The van der Waals surface area contributed by atoms with Gasteiger partial charge in [-0.15, -0.1) is 0 Å². The van der Waals surface area contributed by atoms with Gasteiger partial charge in [0.2, 0.25) is 0 Å². The van der Waals surface area contributed by atoms with Gasteiger partial charge in [-0.25, -0.2) is 0 Å². The van der Waals surface area contributed by atoms with Crippen LogP contribution in [0, 0.1) is 0 Å². The number of rotatable bonds is 3. The third-order valence-electron chi connectivity index (χ3n) is 4.07. The maximum atomic E-state index is 11.7. The number of benzene rings is 1. The molecule has 0 saturated heterocycles. The lowest BCUT2D eigenvalue weighted by Gasteiger charge is -2.25. The van der Waals surface area contributed by atoms with Gasteiger partial charge >= 0.3 is 0 Å². The van der Waals surface area contributed by atoms with Crippen molar-refractivity contribution in [1.82, 2.24) is 15.1 Å². The summed E-state index contributed by atoms with van der Waals surface area (Å²) in [6, 6.07) is 7.88. The molecule has 110 valence electrons. The summed E-state index contributed by atoms with van der Waals surface area (Å²) in [5, 5.41) is 10.5. The maximum Gasteiger partial charge on any atom is 0.251 e. The molecule has 21 heavy (non-hydrogen) atoms. The van der Waals surface area contributed by atoms with Gasteiger partial charge in [0.25, 0.3) is 5.91 Å². The highest BCUT2D eigenvalue weighted by atomic mass is 16.1. The van der Waals surface area contributed by atoms with Crippen LogP contribution in [0.2, 0.25) is 0 Å². The van der Waals surface area contributed by atoms with E-state index in [9.17, 15) is 4.79 Å². The molecular formula is C16H20N4O. The number of aryl methyl sites for hydroxylation is 1. The fourth-order valence-corrected chi connectivity index (χ4v) is 2.95. The summed E-state index contributed by atoms with van der Waals surface area (Å²) in [6.45, 7) is 0. The fraction of sp³-hybridized carbons (Fsp3) is 0.375. The molecule has 0 bridgehead atoms. The minimum Gasteiger partial charge on any atom is -0.378 e. The highest BCUT2D eigenvalue weighted by Crippen LogP contribution is 2.32. The summed E-state index contributed by atoms with van der Waals surface area (Å²) in [7, 11) is 3.64. The summed E-state index contributed by atoms with van der Waals surface area (Å²) in [5.41, 5.74) is 4.22. The lowest BCUT2D eigenvalue weighted by Crippen LogP contribution is -2.19. The zero-order valence-electron chi connectivity index (χ0n) is 12.4. The molecular weight excluding hydrogens is 264 g/mol. The molecule has 0 saturated carbocycles. The van der Waals surface area contributed by atoms with Crippen LogP contribution in [0.25, 0.3) is 0 Å². The Bertz CT molecular complexity index is 662. The monoisotopic (exact) mass is 284 g/mol. The molecule has 1 aromatic carbocycles. The zero-order valence-corrected chi connectivity index (χ0v) is 12.4. The van der Waals surface area contributed by atoms with E-state index in [4.69, 9.17) is 0 Å². The van der Waals surface area contributed by atoms with Gasteiger partial charge < -0.3 is 10.6 Å². The van der Waals surface area contributed by atoms with E-state index in [1.807, 2.05) is 42.2 Å². The van der Waals surface area contributed by atoms with Crippen LogP contribution >= 0.6 is 0 Å². The van der Waals surface area contributed by atoms with E-state index in [0.29, 0.717) is 5.56 Å². The summed E-state index contributed by atoms with van der Waals surface area (Å²) >= 11 is 0. The fourth-order valence-electron chi connectivity index (χ4n) is 2.95. The van der Waals surface area contributed by atoms with Gasteiger partial charge in [-0.1, -0.05) is 6.07 Å². The maximum absolute atomic E-state index is 11.7. The Labute approximate surface area is 124 Å². The quantitative estimate of drug-likeness (QED) is 0.909. The SMILES string of the molecule is CNC(=O)c1cccc(NC2CCCc3c2cnn3C)c1. The first-order valence-corrected chi connectivity index (χ1v) is 7.28. The number of hydrogen-bond donors (Lipinski definition) is 2. The van der Waals surface area contributed by atoms with Gasteiger partial charge in [0, 0.05) is 36.6 Å². The Balaban J connectivity index is 1.83. The molecule has 1 aliphatic rings. The number of carbonyl (C=O) groups is 1. The molecule has 0 aliphatic heterocycles. The predicted octanol–water partition coefficient (Wildman–Crippen LogP) is 2.27. The highest BCUT2D eigenvalue weighted by Gasteiger charge is 2.23. The van der Waals surface area contributed by atoms with Crippen molar-refractivity contribution in [3.05, 3.63) is 47.3 Å². The molecule has 0 fully saturated rings. The largest absolute Gasteiger partial charge is 0.378 e. The Morgan fingerprint density at radius 3 is 3.10 bits per heavy atom. The number of carbonyl (C=O) groups excluding carboxylic acids is 1. The third-order valence-corrected chi connectivity index (χ3v) is 4.07. The van der Waals surface area contributed by atoms with Crippen molar-refractivity contribution >= 4 is 11.6 Å². The predicted molar refractivity (Wildman–Crippen MR) is 82.3 cm³/mol. The van der Waals surface area contributed by atoms with Crippen molar-refractivity contribution < 1.29 is 4.79 Å². The van der Waals surface area contributed by atoms with Gasteiger partial charge in [0.15, 0.2) is 0 Å². The van der Waals surface area contributed by atoms with Crippen molar-refractivity contribution in [2.24, 2.45) is 7.05 Å². The molecule has 1 aliphatic carbocycles. The third kappa shape index (κ3) is 2.63. The Morgan fingerprint density at radius 2 is 2.29 bits per heavy atom. The lowest BCUT2D eigenvalue weighted by molar-refractivity contribution is 0.0963. The number of aromatic nitrogens is 2. The molecule has 1 atom stereocenters. The van der Waals surface area contributed by atoms with Crippen LogP contribution in [-0.2, 0) is 13.5 Å². The Kier molecular flexibility index (Phi) is 3.64. The van der Waals surface area contributed by atoms with E-state index in [-0.39, 0.29) is 11.9 Å². The van der Waals surface area contributed by atoms with E-state index in [2.05, 4.69) is 15.7 Å². The zero-order chi connectivity index (χ0) is 14.8. The summed E-state index contributed by atoms with van der Waals surface area (Å²) < 4.78 is 1.96. The van der Waals surface area contributed by atoms with Crippen LogP contribution in [0.3, 0.4) is 0 Å². The number of hydrogen-bond acceptors (Lipinski definition) is 3. The Morgan fingerprint density at radius 1 is 1.43 bits per heavy atom. The summed E-state index contributed by atoms with van der Waals surface area (Å²) in [5.74, 6) is -0.0654. The minimum absolute atomic E-state index is 0.0654. The van der Waals surface area contributed by atoms with Gasteiger partial charge in [0.1, 0.15) is 0 Å². The number of nitrogens with one attached hydrogen (secondary N) is 2. The molecule has 0 radical (unpaired) electrons. The number of nitrogens with zero attached hydrogens (tertiary/aromatic N) is 2. The van der Waals surface area contributed by atoms with Crippen LogP contribution < -0.4 is 10.6 Å². The summed E-state index contributed by atoms with van der Waals surface area (Å²) in [6.07, 6.45) is 5.28. The van der Waals surface area contributed by atoms with Crippen LogP contribution in [-0.4, -0.2) is 22.7 Å². The molecule has 3 rings (SSSR count). The van der Waals surface area contributed by atoms with Crippen molar-refractivity contribution in [1.29, 1.82) is 0 Å². The molecule has 1 heterocycles. The number of amides is 1. The number of fused-ring (bicyclic) bond motifs is 1. The smallest absolute Gasteiger partial charge is 0.251 e. The first-order valence-electron chi connectivity index (χ1n) is 7.28. The second-order valence-corrected chi connectivity index (χ2v) is 5.42. The van der Waals surface area contributed by atoms with Crippen LogP contribution in [0.5, 0.6) is 0 Å². The minimum atomic E-state index is -0.0654. The number of anilines is 1. The topological polar surface area (TPSA) is 59.0 Å². The summed E-state index contributed by atoms with van der Waals surface area (Å²) in [4.78, 5) is 11.7. The van der Waals surface area contributed by atoms with Gasteiger partial charge in [-0.05, 0) is 37.5 Å². The molecule has 1 aromatic heterocycles. The standard InChI is InChI=1S/C16H20N4O/c1-17-16(21)11-5-3-6-12(9-11)19-14-7-4-8-15-13(14)10-18-20(15)2/h3,5-6,9-10,14,19H,4,7-8H2,1-2H3,(H,17,21). The first-order chi connectivity index (χ1) is 10.2. The van der Waals surface area contributed by atoms with Crippen molar-refractivity contribution in [2.45, 2.75) is 25.3 Å². The molecule has 1 amide bonds. The first kappa shape index (κ1) is 13.7. The van der Waals surface area contributed by atoms with Crippen molar-refractivity contribution in [2.75, 3.05) is 12.4 Å². The van der Waals surface area contributed by atoms with E-state index in [0.717, 1.165) is 24.9 Å². The molecule has 5 heteroatoms. The lowest BCUT2D eigenvalue weighted by atomic mass is 9.92. The molecule has 1 unspecified atom stereocenters. The van der Waals surface area contributed by atoms with Gasteiger partial charge in [-0.2, -0.15) is 5.10 Å². The second-order valence-electron chi connectivity index (χ2n) is 5.42. The van der Waals surface area contributed by atoms with Crippen molar-refractivity contribution in [3.8, 4) is 0 Å². The van der Waals surface area contributed by atoms with Crippen LogP contribution in [0.1, 0.15) is 40.5 Å². The second kappa shape index (κ2) is 5.60. The molecule has 2 aromatic rings. The Hall–Kier alpha value is -2.30. The molecule has 2 N–H and O–H groups in total. The average Bonchev–Trinajstić information content (AvgIpc) is 2.89. The molecule has 5 nitrogen and oxygen atoms in total. The average molecular weight is 284 g/mol. The van der Waals surface area contributed by atoms with Crippen LogP contribution in [0.15, 0.2) is 30.5 Å². The van der Waals surface area contributed by atoms with E-state index >= 15 is 0 Å². The van der Waals surface area contributed by atoms with E-state index in [1.54, 1.807) is 7.05 Å². The van der Waals surface area contributed by atoms with Gasteiger partial charge in [0.05, 0.1) is 12.2 Å². The van der Waals surface area contributed by atoms with Gasteiger partial charge in [-0.3, -0.25) is 9.48 Å². The van der Waals surface area contributed by atoms with E-state index < -0.39 is 0 Å². The van der Waals surface area contributed by atoms with Crippen LogP contribution in [0.4, 0.5) is 5.69 Å². The molecule has 0 spiro atoms. The highest BCUT2D eigenvalue weighted by molar-refractivity contribution is 5.94.